The van der Waals surface area contributed by atoms with Gasteiger partial charge < -0.3 is 15.5 Å². The van der Waals surface area contributed by atoms with Crippen LogP contribution in [0.15, 0.2) is 0 Å². The molecule has 0 aliphatic rings. The highest BCUT2D eigenvalue weighted by Gasteiger charge is 2.11. The van der Waals surface area contributed by atoms with Crippen molar-refractivity contribution in [2.75, 3.05) is 54.2 Å². The molecule has 0 aliphatic heterocycles. The lowest BCUT2D eigenvalue weighted by molar-refractivity contribution is 0.602. The van der Waals surface area contributed by atoms with Gasteiger partial charge in [0, 0.05) is 32.9 Å². The summed E-state index contributed by atoms with van der Waals surface area (Å²) in [4.78, 5) is 14.7. The lowest BCUT2D eigenvalue weighted by Gasteiger charge is -2.19. The number of sulfone groups is 1. The zero-order valence-corrected chi connectivity index (χ0v) is 13.2. The number of hydrogen-bond acceptors (Lipinski definition) is 8. The second-order valence-electron chi connectivity index (χ2n) is 4.26. The van der Waals surface area contributed by atoms with E-state index in [0.717, 1.165) is 13.1 Å². The van der Waals surface area contributed by atoms with E-state index in [1.165, 1.54) is 6.26 Å². The van der Waals surface area contributed by atoms with Gasteiger partial charge in [0.2, 0.25) is 17.8 Å². The molecule has 0 radical (unpaired) electrons. The number of anilines is 3. The molecule has 0 unspecified atom stereocenters. The van der Waals surface area contributed by atoms with Crippen molar-refractivity contribution in [2.45, 2.75) is 13.8 Å². The Bertz CT molecular complexity index is 530. The molecule has 0 atom stereocenters. The molecule has 1 aromatic rings. The van der Waals surface area contributed by atoms with Gasteiger partial charge >= 0.3 is 0 Å². The molecule has 1 heterocycles. The quantitative estimate of drug-likeness (QED) is 0.703. The van der Waals surface area contributed by atoms with Gasteiger partial charge in [0.25, 0.3) is 0 Å². The smallest absolute Gasteiger partial charge is 0.231 e. The van der Waals surface area contributed by atoms with Crippen LogP contribution in [0, 0.1) is 0 Å². The van der Waals surface area contributed by atoms with Gasteiger partial charge in [-0.1, -0.05) is 0 Å². The van der Waals surface area contributed by atoms with Crippen molar-refractivity contribution in [1.29, 1.82) is 0 Å². The minimum atomic E-state index is -3.01. The predicted molar refractivity (Wildman–Crippen MR) is 81.1 cm³/mol. The summed E-state index contributed by atoms with van der Waals surface area (Å²) in [5.41, 5.74) is 0. The van der Waals surface area contributed by atoms with E-state index < -0.39 is 9.84 Å². The number of rotatable bonds is 8. The summed E-state index contributed by atoms with van der Waals surface area (Å²) in [5.74, 6) is 1.42. The van der Waals surface area contributed by atoms with Crippen LogP contribution in [0.2, 0.25) is 0 Å². The lowest BCUT2D eigenvalue weighted by atomic mass is 10.5. The van der Waals surface area contributed by atoms with Crippen molar-refractivity contribution in [3.05, 3.63) is 0 Å². The van der Waals surface area contributed by atoms with E-state index in [1.54, 1.807) is 7.05 Å². The largest absolute Gasteiger partial charge is 0.357 e. The van der Waals surface area contributed by atoms with E-state index in [0.29, 0.717) is 17.8 Å². The van der Waals surface area contributed by atoms with Crippen molar-refractivity contribution in [3.8, 4) is 0 Å². The Morgan fingerprint density at radius 1 is 1.10 bits per heavy atom. The van der Waals surface area contributed by atoms with Gasteiger partial charge in [-0.15, -0.1) is 0 Å². The maximum Gasteiger partial charge on any atom is 0.231 e. The molecule has 0 amide bonds. The van der Waals surface area contributed by atoms with Crippen molar-refractivity contribution in [3.63, 3.8) is 0 Å². The van der Waals surface area contributed by atoms with Gasteiger partial charge in [-0.3, -0.25) is 0 Å². The molecule has 2 N–H and O–H groups in total. The third kappa shape index (κ3) is 5.16. The molecule has 0 aliphatic carbocycles. The number of aromatic nitrogens is 3. The average Bonchev–Trinajstić information content (AvgIpc) is 2.38. The minimum Gasteiger partial charge on any atom is -0.357 e. The van der Waals surface area contributed by atoms with Crippen LogP contribution in [-0.2, 0) is 9.84 Å². The summed E-state index contributed by atoms with van der Waals surface area (Å²) in [5, 5.41) is 5.78. The Balaban J connectivity index is 2.87. The minimum absolute atomic E-state index is 0.0359. The van der Waals surface area contributed by atoms with Gasteiger partial charge in [-0.25, -0.2) is 8.42 Å². The fourth-order valence-electron chi connectivity index (χ4n) is 1.55. The van der Waals surface area contributed by atoms with Crippen molar-refractivity contribution >= 4 is 27.7 Å². The molecule has 0 spiro atoms. The molecule has 114 valence electrons. The predicted octanol–water partition coefficient (Wildman–Crippen LogP) is 0.216. The molecule has 0 saturated heterocycles. The van der Waals surface area contributed by atoms with Crippen LogP contribution in [0.4, 0.5) is 17.8 Å². The second kappa shape index (κ2) is 7.22. The Morgan fingerprint density at radius 2 is 1.70 bits per heavy atom. The number of nitrogens with one attached hydrogen (secondary N) is 2. The van der Waals surface area contributed by atoms with Gasteiger partial charge in [0.05, 0.1) is 5.75 Å². The molecule has 9 heteroatoms. The highest BCUT2D eigenvalue weighted by molar-refractivity contribution is 7.90. The highest BCUT2D eigenvalue weighted by Crippen LogP contribution is 2.12. The molecule has 0 saturated carbocycles. The van der Waals surface area contributed by atoms with Crippen LogP contribution in [-0.4, -0.2) is 62.1 Å². The van der Waals surface area contributed by atoms with Gasteiger partial charge in [0.15, 0.2) is 0 Å². The first-order chi connectivity index (χ1) is 9.39. The van der Waals surface area contributed by atoms with E-state index in [1.807, 2.05) is 18.7 Å². The summed E-state index contributed by atoms with van der Waals surface area (Å²) in [6.07, 6.45) is 1.20. The molecule has 0 fully saturated rings. The SMILES string of the molecule is CCN(CC)c1nc(NC)nc(NCCS(C)(=O)=O)n1. The van der Waals surface area contributed by atoms with Crippen LogP contribution in [0.3, 0.4) is 0 Å². The van der Waals surface area contributed by atoms with Crippen LogP contribution < -0.4 is 15.5 Å². The lowest BCUT2D eigenvalue weighted by Crippen LogP contribution is -2.25. The first-order valence-corrected chi connectivity index (χ1v) is 8.56. The van der Waals surface area contributed by atoms with Crippen LogP contribution in [0.1, 0.15) is 13.8 Å². The molecule has 0 bridgehead atoms. The zero-order chi connectivity index (χ0) is 15.2. The molecule has 1 rings (SSSR count). The maximum absolute atomic E-state index is 11.1. The Morgan fingerprint density at radius 3 is 2.20 bits per heavy atom. The first-order valence-electron chi connectivity index (χ1n) is 6.50. The van der Waals surface area contributed by atoms with E-state index >= 15 is 0 Å². The van der Waals surface area contributed by atoms with Crippen molar-refractivity contribution < 1.29 is 8.42 Å². The summed E-state index contributed by atoms with van der Waals surface area (Å²) >= 11 is 0. The summed E-state index contributed by atoms with van der Waals surface area (Å²) in [6.45, 7) is 5.87. The van der Waals surface area contributed by atoms with Gasteiger partial charge in [-0.2, -0.15) is 15.0 Å². The standard InChI is InChI=1S/C11H22N6O2S/c1-5-17(6-2)11-15-9(12-3)14-10(16-11)13-7-8-20(4,18)19/h5-8H2,1-4H3,(H2,12,13,14,15,16). The van der Waals surface area contributed by atoms with Crippen molar-refractivity contribution in [1.82, 2.24) is 15.0 Å². The van der Waals surface area contributed by atoms with Crippen LogP contribution in [0.25, 0.3) is 0 Å². The molecule has 8 nitrogen and oxygen atoms in total. The second-order valence-corrected chi connectivity index (χ2v) is 6.52. The molecular formula is C11H22N6O2S. The molecule has 0 aromatic carbocycles. The Labute approximate surface area is 119 Å². The number of hydrogen-bond donors (Lipinski definition) is 2. The maximum atomic E-state index is 11.1. The van der Waals surface area contributed by atoms with E-state index in [4.69, 9.17) is 0 Å². The average molecular weight is 302 g/mol. The van der Waals surface area contributed by atoms with Gasteiger partial charge in [-0.05, 0) is 13.8 Å². The molecule has 1 aromatic heterocycles. The van der Waals surface area contributed by atoms with E-state index in [2.05, 4.69) is 25.6 Å². The monoisotopic (exact) mass is 302 g/mol. The Hall–Kier alpha value is -1.64. The van der Waals surface area contributed by atoms with E-state index in [9.17, 15) is 8.42 Å². The van der Waals surface area contributed by atoms with Crippen LogP contribution >= 0.6 is 0 Å². The fraction of sp³-hybridized carbons (Fsp3) is 0.727. The van der Waals surface area contributed by atoms with Gasteiger partial charge in [0.1, 0.15) is 9.84 Å². The summed E-state index contributed by atoms with van der Waals surface area (Å²) in [7, 11) is -1.28. The third-order valence-electron chi connectivity index (χ3n) is 2.65. The Kier molecular flexibility index (Phi) is 5.93. The zero-order valence-electron chi connectivity index (χ0n) is 12.3. The normalized spacial score (nSPS) is 11.2. The fourth-order valence-corrected chi connectivity index (χ4v) is 2.02. The van der Waals surface area contributed by atoms with E-state index in [-0.39, 0.29) is 12.3 Å². The highest BCUT2D eigenvalue weighted by atomic mass is 32.2. The molecular weight excluding hydrogens is 280 g/mol. The van der Waals surface area contributed by atoms with Crippen molar-refractivity contribution in [2.24, 2.45) is 0 Å². The topological polar surface area (TPSA) is 100 Å². The number of nitrogens with zero attached hydrogens (tertiary/aromatic N) is 4. The van der Waals surface area contributed by atoms with Crippen LogP contribution in [0.5, 0.6) is 0 Å². The third-order valence-corrected chi connectivity index (χ3v) is 3.60. The molecule has 20 heavy (non-hydrogen) atoms. The summed E-state index contributed by atoms with van der Waals surface area (Å²) in [6, 6.07) is 0. The summed E-state index contributed by atoms with van der Waals surface area (Å²) < 4.78 is 22.2. The first kappa shape index (κ1) is 16.4.